The van der Waals surface area contributed by atoms with E-state index in [4.69, 9.17) is 4.52 Å². The minimum atomic E-state index is -0.154. The number of para-hydroxylation sites is 1. The molecule has 3 heterocycles. The van der Waals surface area contributed by atoms with Crippen molar-refractivity contribution in [2.75, 3.05) is 0 Å². The van der Waals surface area contributed by atoms with Crippen LogP contribution in [0.4, 0.5) is 0 Å². The number of fused-ring (bicyclic) bond motifs is 1. The molecule has 0 atom stereocenters. The maximum atomic E-state index is 11.8. The van der Waals surface area contributed by atoms with Gasteiger partial charge in [0.05, 0.1) is 5.52 Å². The maximum absolute atomic E-state index is 11.8. The van der Waals surface area contributed by atoms with E-state index in [1.54, 1.807) is 6.07 Å². The molecule has 120 valence electrons. The highest BCUT2D eigenvalue weighted by Crippen LogP contribution is 2.25. The number of aromatic nitrogens is 6. The molecule has 3 aromatic heterocycles. The molecule has 1 N–H and O–H groups in total. The van der Waals surface area contributed by atoms with Gasteiger partial charge in [-0.25, -0.2) is 4.68 Å². The fourth-order valence-corrected chi connectivity index (χ4v) is 2.49. The molecule has 0 aliphatic rings. The minimum absolute atomic E-state index is 0.154. The molecule has 0 saturated carbocycles. The Balaban J connectivity index is 1.75. The summed E-state index contributed by atoms with van der Waals surface area (Å²) >= 11 is 0. The highest BCUT2D eigenvalue weighted by atomic mass is 16.5. The lowest BCUT2D eigenvalue weighted by Gasteiger charge is -2.02. The van der Waals surface area contributed by atoms with E-state index in [1.807, 2.05) is 31.2 Å². The zero-order chi connectivity index (χ0) is 16.5. The van der Waals surface area contributed by atoms with Crippen LogP contribution in [0.5, 0.6) is 0 Å². The number of nitrogens with one attached hydrogen (secondary N) is 1. The topological polar surface area (TPSA) is 102 Å². The summed E-state index contributed by atoms with van der Waals surface area (Å²) in [5.41, 5.74) is 1.82. The molecule has 0 bridgehead atoms. The first-order valence-electron chi connectivity index (χ1n) is 7.62. The first-order chi connectivity index (χ1) is 11.8. The molecule has 0 saturated heterocycles. The third-order valence-corrected chi connectivity index (χ3v) is 3.63. The van der Waals surface area contributed by atoms with Gasteiger partial charge in [-0.2, -0.15) is 15.2 Å². The standard InChI is InChI=1S/C16H14N6O2/c1-2-9-22-13(23)8-7-12(20-22)16-17-15(21-24-16)14-10-5-3-4-6-11(10)18-19-14/h3-8H,2,9H2,1H3,(H,18,19). The fourth-order valence-electron chi connectivity index (χ4n) is 2.49. The molecule has 0 spiro atoms. The Morgan fingerprint density at radius 2 is 2.08 bits per heavy atom. The second-order valence-electron chi connectivity index (χ2n) is 5.32. The molecule has 0 unspecified atom stereocenters. The van der Waals surface area contributed by atoms with Gasteiger partial charge in [-0.05, 0) is 18.6 Å². The zero-order valence-corrected chi connectivity index (χ0v) is 12.9. The summed E-state index contributed by atoms with van der Waals surface area (Å²) in [5, 5.41) is 16.4. The van der Waals surface area contributed by atoms with E-state index in [9.17, 15) is 4.79 Å². The van der Waals surface area contributed by atoms with Crippen molar-refractivity contribution in [2.45, 2.75) is 19.9 Å². The number of benzene rings is 1. The van der Waals surface area contributed by atoms with Crippen molar-refractivity contribution >= 4 is 10.9 Å². The van der Waals surface area contributed by atoms with Gasteiger partial charge in [0.15, 0.2) is 0 Å². The van der Waals surface area contributed by atoms with Gasteiger partial charge < -0.3 is 4.52 Å². The van der Waals surface area contributed by atoms with Crippen LogP contribution < -0.4 is 5.56 Å². The number of aromatic amines is 1. The van der Waals surface area contributed by atoms with Crippen LogP contribution in [0.3, 0.4) is 0 Å². The van der Waals surface area contributed by atoms with Gasteiger partial charge in [0.25, 0.3) is 11.4 Å². The molecule has 4 rings (SSSR count). The Kier molecular flexibility index (Phi) is 3.42. The van der Waals surface area contributed by atoms with Crippen molar-refractivity contribution in [1.82, 2.24) is 30.1 Å². The predicted molar refractivity (Wildman–Crippen MR) is 87.2 cm³/mol. The molecular formula is C16H14N6O2. The van der Waals surface area contributed by atoms with E-state index in [0.29, 0.717) is 23.8 Å². The Hall–Kier alpha value is -3.29. The highest BCUT2D eigenvalue weighted by Gasteiger charge is 2.17. The second kappa shape index (κ2) is 5.73. The highest BCUT2D eigenvalue weighted by molar-refractivity contribution is 5.90. The van der Waals surface area contributed by atoms with Gasteiger partial charge in [0.2, 0.25) is 5.82 Å². The number of aryl methyl sites for hydroxylation is 1. The van der Waals surface area contributed by atoms with Gasteiger partial charge in [0, 0.05) is 18.0 Å². The molecule has 8 nitrogen and oxygen atoms in total. The summed E-state index contributed by atoms with van der Waals surface area (Å²) in [7, 11) is 0. The summed E-state index contributed by atoms with van der Waals surface area (Å²) in [5.74, 6) is 0.624. The molecule has 0 fully saturated rings. The van der Waals surface area contributed by atoms with Crippen LogP contribution >= 0.6 is 0 Å². The first-order valence-corrected chi connectivity index (χ1v) is 7.62. The minimum Gasteiger partial charge on any atom is -0.332 e. The van der Waals surface area contributed by atoms with Gasteiger partial charge in [-0.1, -0.05) is 30.3 Å². The molecule has 0 aliphatic heterocycles. The molecule has 0 aliphatic carbocycles. The van der Waals surface area contributed by atoms with E-state index >= 15 is 0 Å². The molecule has 0 radical (unpaired) electrons. The summed E-state index contributed by atoms with van der Waals surface area (Å²) in [6.45, 7) is 2.52. The smallest absolute Gasteiger partial charge is 0.278 e. The number of nitrogens with zero attached hydrogens (tertiary/aromatic N) is 5. The molecule has 0 amide bonds. The molecule has 8 heteroatoms. The van der Waals surface area contributed by atoms with Gasteiger partial charge in [0.1, 0.15) is 11.4 Å². The van der Waals surface area contributed by atoms with Crippen LogP contribution in [0.15, 0.2) is 45.7 Å². The lowest BCUT2D eigenvalue weighted by atomic mass is 10.2. The van der Waals surface area contributed by atoms with Crippen LogP contribution in [0, 0.1) is 0 Å². The predicted octanol–water partition coefficient (Wildman–Crippen LogP) is 2.25. The van der Waals surface area contributed by atoms with Crippen LogP contribution in [0.25, 0.3) is 34.0 Å². The normalized spacial score (nSPS) is 11.2. The molecule has 24 heavy (non-hydrogen) atoms. The largest absolute Gasteiger partial charge is 0.332 e. The van der Waals surface area contributed by atoms with E-state index in [-0.39, 0.29) is 11.4 Å². The molecular weight excluding hydrogens is 308 g/mol. The number of hydrogen-bond donors (Lipinski definition) is 1. The van der Waals surface area contributed by atoms with Crippen molar-refractivity contribution in [3.05, 3.63) is 46.8 Å². The fraction of sp³-hybridized carbons (Fsp3) is 0.188. The number of rotatable bonds is 4. The monoisotopic (exact) mass is 322 g/mol. The average molecular weight is 322 g/mol. The maximum Gasteiger partial charge on any atom is 0.278 e. The van der Waals surface area contributed by atoms with Crippen molar-refractivity contribution in [1.29, 1.82) is 0 Å². The summed E-state index contributed by atoms with van der Waals surface area (Å²) in [4.78, 5) is 16.1. The SMILES string of the molecule is CCCn1nc(-c2nc(-c3n[nH]c4ccccc34)no2)ccc1=O. The van der Waals surface area contributed by atoms with E-state index in [0.717, 1.165) is 17.3 Å². The van der Waals surface area contributed by atoms with E-state index in [2.05, 4.69) is 25.4 Å². The zero-order valence-electron chi connectivity index (χ0n) is 12.9. The lowest BCUT2D eigenvalue weighted by Crippen LogP contribution is -2.21. The third kappa shape index (κ3) is 2.37. The van der Waals surface area contributed by atoms with Crippen LogP contribution in [0.2, 0.25) is 0 Å². The van der Waals surface area contributed by atoms with Crippen molar-refractivity contribution in [2.24, 2.45) is 0 Å². The molecule has 4 aromatic rings. The van der Waals surface area contributed by atoms with Crippen molar-refractivity contribution < 1.29 is 4.52 Å². The first kappa shape index (κ1) is 14.3. The van der Waals surface area contributed by atoms with Gasteiger partial charge in [-0.15, -0.1) is 0 Å². The Labute approximate surface area is 136 Å². The third-order valence-electron chi connectivity index (χ3n) is 3.63. The van der Waals surface area contributed by atoms with Gasteiger partial charge >= 0.3 is 0 Å². The molecule has 1 aromatic carbocycles. The van der Waals surface area contributed by atoms with Crippen LogP contribution in [-0.4, -0.2) is 30.1 Å². The van der Waals surface area contributed by atoms with Crippen LogP contribution in [0.1, 0.15) is 13.3 Å². The summed E-state index contributed by atoms with van der Waals surface area (Å²) in [6.07, 6.45) is 0.810. The van der Waals surface area contributed by atoms with E-state index in [1.165, 1.54) is 10.7 Å². The Bertz CT molecular complexity index is 1060. The average Bonchev–Trinajstić information content (AvgIpc) is 3.23. The Morgan fingerprint density at radius 3 is 2.96 bits per heavy atom. The van der Waals surface area contributed by atoms with Gasteiger partial charge in [-0.3, -0.25) is 9.89 Å². The number of hydrogen-bond acceptors (Lipinski definition) is 6. The summed E-state index contributed by atoms with van der Waals surface area (Å²) < 4.78 is 6.70. The summed E-state index contributed by atoms with van der Waals surface area (Å²) in [6, 6.07) is 10.7. The Morgan fingerprint density at radius 1 is 1.21 bits per heavy atom. The van der Waals surface area contributed by atoms with Crippen molar-refractivity contribution in [3.63, 3.8) is 0 Å². The van der Waals surface area contributed by atoms with Crippen LogP contribution in [-0.2, 0) is 6.54 Å². The van der Waals surface area contributed by atoms with Crippen molar-refractivity contribution in [3.8, 4) is 23.1 Å². The second-order valence-corrected chi connectivity index (χ2v) is 5.32. The quantitative estimate of drug-likeness (QED) is 0.618. The lowest BCUT2D eigenvalue weighted by molar-refractivity contribution is 0.428. The van der Waals surface area contributed by atoms with E-state index < -0.39 is 0 Å². The number of H-pyrrole nitrogens is 1.